The van der Waals surface area contributed by atoms with Crippen LogP contribution in [-0.4, -0.2) is 41.4 Å². The molecule has 0 saturated heterocycles. The van der Waals surface area contributed by atoms with Gasteiger partial charge < -0.3 is 29.5 Å². The Bertz CT molecular complexity index is 783. The van der Waals surface area contributed by atoms with Crippen molar-refractivity contribution < 1.29 is 34.3 Å². The van der Waals surface area contributed by atoms with E-state index >= 15 is 0 Å². The van der Waals surface area contributed by atoms with E-state index in [4.69, 9.17) is 14.2 Å². The monoisotopic (exact) mass is 332 g/mol. The summed E-state index contributed by atoms with van der Waals surface area (Å²) in [5.41, 5.74) is 0.332. The Hall–Kier alpha value is -2.93. The number of rotatable bonds is 3. The zero-order valence-electron chi connectivity index (χ0n) is 13.0. The number of carbonyl (C=O) groups excluding carboxylic acids is 1. The van der Waals surface area contributed by atoms with Crippen molar-refractivity contribution in [2.24, 2.45) is 0 Å². The number of aromatic hydroxyl groups is 2. The van der Waals surface area contributed by atoms with Crippen molar-refractivity contribution >= 4 is 5.78 Å². The van der Waals surface area contributed by atoms with E-state index in [2.05, 4.69) is 0 Å². The number of Topliss-reactive ketones (excluding diaryl/α,β-unsaturated/α-hetero) is 1. The maximum atomic E-state index is 12.5. The number of ether oxygens (including phenoxy) is 3. The van der Waals surface area contributed by atoms with Gasteiger partial charge in [0.15, 0.2) is 23.7 Å². The SMILES string of the molecule is COc1ccc([C@H]2Oc3cc(O)c(OC)c(O)c3C(=O)[C@@H]2O)cc1. The van der Waals surface area contributed by atoms with Crippen LogP contribution in [0.4, 0.5) is 0 Å². The standard InChI is InChI=1S/C17H16O7/c1-22-9-5-3-8(4-6-9)16-15(21)13(19)12-11(24-16)7-10(18)17(23-2)14(12)20/h3-7,15-16,18,20-21H,1-2H3/t15-,16+/m0/s1. The van der Waals surface area contributed by atoms with Crippen LogP contribution in [0.1, 0.15) is 22.0 Å². The fraction of sp³-hybridized carbons (Fsp3) is 0.235. The van der Waals surface area contributed by atoms with Crippen LogP contribution in [0.25, 0.3) is 0 Å². The first-order chi connectivity index (χ1) is 11.5. The van der Waals surface area contributed by atoms with Gasteiger partial charge in [0.05, 0.1) is 14.2 Å². The zero-order chi connectivity index (χ0) is 17.4. The van der Waals surface area contributed by atoms with Crippen LogP contribution in [0.15, 0.2) is 30.3 Å². The molecule has 0 unspecified atom stereocenters. The number of phenols is 2. The fourth-order valence-electron chi connectivity index (χ4n) is 2.68. The molecule has 1 aliphatic rings. The van der Waals surface area contributed by atoms with Gasteiger partial charge in [-0.15, -0.1) is 0 Å². The first-order valence-corrected chi connectivity index (χ1v) is 7.13. The number of aliphatic hydroxyl groups excluding tert-OH is 1. The molecule has 3 rings (SSSR count). The summed E-state index contributed by atoms with van der Waals surface area (Å²) in [6.07, 6.45) is -2.48. The predicted molar refractivity (Wildman–Crippen MR) is 83.0 cm³/mol. The van der Waals surface area contributed by atoms with E-state index in [-0.39, 0.29) is 22.8 Å². The van der Waals surface area contributed by atoms with E-state index in [1.807, 2.05) is 0 Å². The second-order valence-corrected chi connectivity index (χ2v) is 5.27. The largest absolute Gasteiger partial charge is 0.504 e. The topological polar surface area (TPSA) is 105 Å². The van der Waals surface area contributed by atoms with Crippen molar-refractivity contribution in [2.75, 3.05) is 14.2 Å². The van der Waals surface area contributed by atoms with Crippen LogP contribution in [0.3, 0.4) is 0 Å². The molecule has 0 radical (unpaired) electrons. The average Bonchev–Trinajstić information content (AvgIpc) is 2.58. The predicted octanol–water partition coefficient (Wildman–Crippen LogP) is 1.79. The molecule has 2 aromatic rings. The quantitative estimate of drug-likeness (QED) is 0.787. The van der Waals surface area contributed by atoms with Gasteiger partial charge in [-0.1, -0.05) is 12.1 Å². The Balaban J connectivity index is 2.05. The summed E-state index contributed by atoms with van der Waals surface area (Å²) in [5, 5.41) is 30.3. The number of methoxy groups -OCH3 is 2. The van der Waals surface area contributed by atoms with Crippen LogP contribution in [0.2, 0.25) is 0 Å². The molecule has 1 heterocycles. The highest BCUT2D eigenvalue weighted by atomic mass is 16.5. The van der Waals surface area contributed by atoms with Gasteiger partial charge in [-0.25, -0.2) is 0 Å². The van der Waals surface area contributed by atoms with E-state index in [1.165, 1.54) is 20.3 Å². The van der Waals surface area contributed by atoms with E-state index in [9.17, 15) is 20.1 Å². The molecule has 24 heavy (non-hydrogen) atoms. The van der Waals surface area contributed by atoms with Gasteiger partial charge in [0.2, 0.25) is 11.5 Å². The Morgan fingerprint density at radius 2 is 1.75 bits per heavy atom. The molecule has 0 aliphatic carbocycles. The average molecular weight is 332 g/mol. The number of carbonyl (C=O) groups is 1. The Morgan fingerprint density at radius 1 is 1.08 bits per heavy atom. The summed E-state index contributed by atoms with van der Waals surface area (Å²) in [4.78, 5) is 12.5. The van der Waals surface area contributed by atoms with Gasteiger partial charge in [0.25, 0.3) is 0 Å². The molecule has 0 bridgehead atoms. The minimum Gasteiger partial charge on any atom is -0.504 e. The Kier molecular flexibility index (Phi) is 3.94. The molecule has 7 nitrogen and oxygen atoms in total. The molecular formula is C17H16O7. The second kappa shape index (κ2) is 5.93. The molecule has 1 aliphatic heterocycles. The summed E-state index contributed by atoms with van der Waals surface area (Å²) in [7, 11) is 2.77. The Morgan fingerprint density at radius 3 is 2.33 bits per heavy atom. The van der Waals surface area contributed by atoms with Gasteiger partial charge in [0, 0.05) is 6.07 Å². The second-order valence-electron chi connectivity index (χ2n) is 5.27. The Labute approximate surface area is 137 Å². The van der Waals surface area contributed by atoms with Crippen LogP contribution in [0.5, 0.6) is 28.7 Å². The number of fused-ring (bicyclic) bond motifs is 1. The van der Waals surface area contributed by atoms with Crippen LogP contribution >= 0.6 is 0 Å². The van der Waals surface area contributed by atoms with Crippen molar-refractivity contribution in [3.05, 3.63) is 41.5 Å². The molecule has 0 fully saturated rings. The zero-order valence-corrected chi connectivity index (χ0v) is 13.0. The molecule has 3 N–H and O–H groups in total. The first kappa shape index (κ1) is 15.9. The van der Waals surface area contributed by atoms with Crippen LogP contribution < -0.4 is 14.2 Å². The molecule has 2 aromatic carbocycles. The van der Waals surface area contributed by atoms with E-state index in [0.717, 1.165) is 0 Å². The van der Waals surface area contributed by atoms with Gasteiger partial charge in [0.1, 0.15) is 17.1 Å². The maximum Gasteiger partial charge on any atom is 0.203 e. The minimum absolute atomic E-state index is 0.0260. The van der Waals surface area contributed by atoms with E-state index < -0.39 is 23.7 Å². The number of aliphatic hydroxyl groups is 1. The summed E-state index contributed by atoms with van der Waals surface area (Å²) in [6, 6.07) is 7.85. The highest BCUT2D eigenvalue weighted by Crippen LogP contribution is 2.48. The highest BCUT2D eigenvalue weighted by molar-refractivity contribution is 6.06. The third-order valence-corrected chi connectivity index (χ3v) is 3.90. The molecule has 2 atom stereocenters. The van der Waals surface area contributed by atoms with Crippen LogP contribution in [-0.2, 0) is 0 Å². The smallest absolute Gasteiger partial charge is 0.203 e. The summed E-state index contributed by atoms with van der Waals surface area (Å²) in [6.45, 7) is 0. The van der Waals surface area contributed by atoms with Gasteiger partial charge >= 0.3 is 0 Å². The van der Waals surface area contributed by atoms with Crippen molar-refractivity contribution in [1.29, 1.82) is 0 Å². The lowest BCUT2D eigenvalue weighted by Gasteiger charge is -2.30. The van der Waals surface area contributed by atoms with Gasteiger partial charge in [-0.3, -0.25) is 4.79 Å². The summed E-state index contributed by atoms with van der Waals surface area (Å²) >= 11 is 0. The van der Waals surface area contributed by atoms with Crippen molar-refractivity contribution in [3.8, 4) is 28.7 Å². The summed E-state index contributed by atoms with van der Waals surface area (Å²) < 4.78 is 15.6. The number of hydrogen-bond acceptors (Lipinski definition) is 7. The number of phenolic OH excluding ortho intramolecular Hbond substituents is 2. The molecule has 126 valence electrons. The number of hydrogen-bond donors (Lipinski definition) is 3. The lowest BCUT2D eigenvalue weighted by molar-refractivity contribution is 0.0209. The van der Waals surface area contributed by atoms with Gasteiger partial charge in [-0.05, 0) is 17.7 Å². The molecule has 0 aromatic heterocycles. The van der Waals surface area contributed by atoms with Crippen molar-refractivity contribution in [2.45, 2.75) is 12.2 Å². The highest BCUT2D eigenvalue weighted by Gasteiger charge is 2.40. The molecular weight excluding hydrogens is 316 g/mol. The maximum absolute atomic E-state index is 12.5. The van der Waals surface area contributed by atoms with Crippen LogP contribution in [0, 0.1) is 0 Å². The van der Waals surface area contributed by atoms with Gasteiger partial charge in [-0.2, -0.15) is 0 Å². The van der Waals surface area contributed by atoms with E-state index in [0.29, 0.717) is 11.3 Å². The molecule has 0 amide bonds. The normalized spacial score (nSPS) is 19.4. The molecule has 7 heteroatoms. The molecule has 0 saturated carbocycles. The van der Waals surface area contributed by atoms with E-state index in [1.54, 1.807) is 24.3 Å². The third kappa shape index (κ3) is 2.39. The lowest BCUT2D eigenvalue weighted by atomic mass is 9.92. The minimum atomic E-state index is -1.51. The number of ketones is 1. The lowest BCUT2D eigenvalue weighted by Crippen LogP contribution is -2.36. The number of benzene rings is 2. The summed E-state index contributed by atoms with van der Waals surface area (Å²) in [5.74, 6) is -1.30. The molecule has 0 spiro atoms. The fourth-order valence-corrected chi connectivity index (χ4v) is 2.68. The van der Waals surface area contributed by atoms with Crippen molar-refractivity contribution in [1.82, 2.24) is 0 Å². The third-order valence-electron chi connectivity index (χ3n) is 3.90. The first-order valence-electron chi connectivity index (χ1n) is 7.13. The van der Waals surface area contributed by atoms with Crippen molar-refractivity contribution in [3.63, 3.8) is 0 Å².